The average molecular weight is 325 g/mol. The van der Waals surface area contributed by atoms with E-state index in [-0.39, 0.29) is 5.91 Å². The van der Waals surface area contributed by atoms with E-state index >= 15 is 0 Å². The fourth-order valence-corrected chi connectivity index (χ4v) is 1.98. The van der Waals surface area contributed by atoms with Crippen LogP contribution in [-0.2, 0) is 4.79 Å². The zero-order valence-electron chi connectivity index (χ0n) is 13.3. The molecule has 0 aliphatic heterocycles. The summed E-state index contributed by atoms with van der Waals surface area (Å²) in [4.78, 5) is 22.6. The van der Waals surface area contributed by atoms with Gasteiger partial charge < -0.3 is 21.1 Å². The van der Waals surface area contributed by atoms with Crippen LogP contribution in [0.4, 0.5) is 16.2 Å². The van der Waals surface area contributed by atoms with Gasteiger partial charge in [0.15, 0.2) is 0 Å². The van der Waals surface area contributed by atoms with Crippen LogP contribution in [0, 0.1) is 0 Å². The van der Waals surface area contributed by atoms with E-state index in [1.165, 1.54) is 6.08 Å². The molecule has 0 aromatic heterocycles. The lowest BCUT2D eigenvalue weighted by Crippen LogP contribution is -2.19. The Morgan fingerprint density at radius 3 is 2.12 bits per heavy atom. The van der Waals surface area contributed by atoms with Crippen molar-refractivity contribution in [2.75, 3.05) is 17.2 Å². The van der Waals surface area contributed by atoms with Gasteiger partial charge >= 0.3 is 6.03 Å². The molecule has 0 heterocycles. The first kappa shape index (κ1) is 17.1. The molecule has 124 valence electrons. The molecule has 2 aromatic carbocycles. The van der Waals surface area contributed by atoms with E-state index in [1.54, 1.807) is 30.3 Å². The van der Waals surface area contributed by atoms with Gasteiger partial charge in [-0.3, -0.25) is 4.79 Å². The Bertz CT molecular complexity index is 722. The van der Waals surface area contributed by atoms with Crippen molar-refractivity contribution in [1.29, 1.82) is 0 Å². The van der Waals surface area contributed by atoms with E-state index in [4.69, 9.17) is 10.5 Å². The Morgan fingerprint density at radius 1 is 1.00 bits per heavy atom. The molecule has 2 rings (SSSR count). The molecule has 24 heavy (non-hydrogen) atoms. The van der Waals surface area contributed by atoms with Gasteiger partial charge in [0.2, 0.25) is 5.91 Å². The van der Waals surface area contributed by atoms with E-state index in [9.17, 15) is 9.59 Å². The minimum Gasteiger partial charge on any atom is -0.494 e. The van der Waals surface area contributed by atoms with E-state index in [1.807, 2.05) is 31.2 Å². The fraction of sp³-hybridized carbons (Fsp3) is 0.111. The molecule has 0 aliphatic carbocycles. The van der Waals surface area contributed by atoms with Crippen LogP contribution in [-0.4, -0.2) is 18.5 Å². The van der Waals surface area contributed by atoms with Gasteiger partial charge in [0, 0.05) is 17.5 Å². The standard InChI is InChI=1S/C18H19N3O3/c1-2-24-16-10-3-13(4-11-16)5-12-17(22)20-14-6-8-15(9-7-14)21-18(19)23/h3-12H,2H2,1H3,(H,20,22)(H3,19,21,23)/b12-5+. The number of nitrogens with one attached hydrogen (secondary N) is 2. The number of urea groups is 1. The summed E-state index contributed by atoms with van der Waals surface area (Å²) >= 11 is 0. The first-order chi connectivity index (χ1) is 11.6. The van der Waals surface area contributed by atoms with Gasteiger partial charge in [-0.05, 0) is 55.0 Å². The van der Waals surface area contributed by atoms with Crippen molar-refractivity contribution in [2.24, 2.45) is 5.73 Å². The highest BCUT2D eigenvalue weighted by molar-refractivity contribution is 6.02. The number of hydrogen-bond acceptors (Lipinski definition) is 3. The van der Waals surface area contributed by atoms with Gasteiger partial charge in [0.05, 0.1) is 6.61 Å². The summed E-state index contributed by atoms with van der Waals surface area (Å²) in [6, 6.07) is 13.5. The second kappa shape index (κ2) is 8.38. The van der Waals surface area contributed by atoms with Gasteiger partial charge in [-0.1, -0.05) is 12.1 Å². The Hall–Kier alpha value is -3.28. The Labute approximate surface area is 140 Å². The van der Waals surface area contributed by atoms with Crippen LogP contribution in [0.15, 0.2) is 54.6 Å². The van der Waals surface area contributed by atoms with E-state index in [2.05, 4.69) is 10.6 Å². The van der Waals surface area contributed by atoms with Gasteiger partial charge in [-0.2, -0.15) is 0 Å². The predicted molar refractivity (Wildman–Crippen MR) is 94.9 cm³/mol. The minimum absolute atomic E-state index is 0.250. The maximum atomic E-state index is 11.9. The summed E-state index contributed by atoms with van der Waals surface area (Å²) in [5.41, 5.74) is 7.10. The first-order valence-electron chi connectivity index (χ1n) is 7.45. The Morgan fingerprint density at radius 2 is 1.58 bits per heavy atom. The van der Waals surface area contributed by atoms with Crippen LogP contribution >= 0.6 is 0 Å². The Balaban J connectivity index is 1.91. The molecule has 0 unspecified atom stereocenters. The highest BCUT2D eigenvalue weighted by Crippen LogP contribution is 2.15. The number of primary amides is 1. The minimum atomic E-state index is -0.634. The van der Waals surface area contributed by atoms with Crippen LogP contribution in [0.3, 0.4) is 0 Å². The van der Waals surface area contributed by atoms with Crippen molar-refractivity contribution in [3.63, 3.8) is 0 Å². The third-order valence-electron chi connectivity index (χ3n) is 3.04. The number of anilines is 2. The zero-order valence-corrected chi connectivity index (χ0v) is 13.3. The monoisotopic (exact) mass is 325 g/mol. The molecule has 0 saturated carbocycles. The van der Waals surface area contributed by atoms with Crippen molar-refractivity contribution < 1.29 is 14.3 Å². The molecular weight excluding hydrogens is 306 g/mol. The smallest absolute Gasteiger partial charge is 0.316 e. The number of amides is 3. The Kier molecular flexibility index (Phi) is 5.96. The molecule has 0 saturated heterocycles. The zero-order chi connectivity index (χ0) is 17.4. The number of benzene rings is 2. The van der Waals surface area contributed by atoms with Crippen LogP contribution in [0.25, 0.3) is 6.08 Å². The normalized spacial score (nSPS) is 10.4. The molecule has 0 aliphatic rings. The number of carbonyl (C=O) groups excluding carboxylic acids is 2. The van der Waals surface area contributed by atoms with Crippen molar-refractivity contribution in [3.8, 4) is 5.75 Å². The van der Waals surface area contributed by atoms with Crippen molar-refractivity contribution >= 4 is 29.4 Å². The van der Waals surface area contributed by atoms with Gasteiger partial charge in [-0.15, -0.1) is 0 Å². The third-order valence-corrected chi connectivity index (χ3v) is 3.04. The maximum Gasteiger partial charge on any atom is 0.316 e. The first-order valence-corrected chi connectivity index (χ1v) is 7.45. The predicted octanol–water partition coefficient (Wildman–Crippen LogP) is 3.23. The highest BCUT2D eigenvalue weighted by Gasteiger charge is 2.00. The summed E-state index contributed by atoms with van der Waals surface area (Å²) in [5, 5.41) is 5.18. The van der Waals surface area contributed by atoms with Crippen molar-refractivity contribution in [1.82, 2.24) is 0 Å². The lowest BCUT2D eigenvalue weighted by Gasteiger charge is -2.05. The number of carbonyl (C=O) groups is 2. The van der Waals surface area contributed by atoms with Crippen LogP contribution in [0.5, 0.6) is 5.75 Å². The summed E-state index contributed by atoms with van der Waals surface area (Å²) in [7, 11) is 0. The average Bonchev–Trinajstić information content (AvgIpc) is 2.56. The van der Waals surface area contributed by atoms with Crippen molar-refractivity contribution in [2.45, 2.75) is 6.92 Å². The molecule has 3 amide bonds. The molecule has 4 N–H and O–H groups in total. The van der Waals surface area contributed by atoms with Crippen LogP contribution < -0.4 is 21.1 Å². The molecule has 0 radical (unpaired) electrons. The molecule has 6 nitrogen and oxygen atoms in total. The van der Waals surface area contributed by atoms with E-state index < -0.39 is 6.03 Å². The lowest BCUT2D eigenvalue weighted by molar-refractivity contribution is -0.111. The van der Waals surface area contributed by atoms with E-state index in [0.29, 0.717) is 18.0 Å². The molecule has 0 bridgehead atoms. The van der Waals surface area contributed by atoms with Gasteiger partial charge in [-0.25, -0.2) is 4.79 Å². The number of hydrogen-bond donors (Lipinski definition) is 3. The van der Waals surface area contributed by atoms with Crippen LogP contribution in [0.2, 0.25) is 0 Å². The quantitative estimate of drug-likeness (QED) is 0.712. The number of ether oxygens (including phenoxy) is 1. The topological polar surface area (TPSA) is 93.4 Å². The van der Waals surface area contributed by atoms with E-state index in [0.717, 1.165) is 11.3 Å². The summed E-state index contributed by atoms with van der Waals surface area (Å²) < 4.78 is 5.36. The largest absolute Gasteiger partial charge is 0.494 e. The van der Waals surface area contributed by atoms with Crippen molar-refractivity contribution in [3.05, 3.63) is 60.2 Å². The third kappa shape index (κ3) is 5.49. The molecule has 0 atom stereocenters. The van der Waals surface area contributed by atoms with Gasteiger partial charge in [0.25, 0.3) is 0 Å². The molecule has 6 heteroatoms. The second-order valence-corrected chi connectivity index (χ2v) is 4.89. The van der Waals surface area contributed by atoms with Gasteiger partial charge in [0.1, 0.15) is 5.75 Å². The SMILES string of the molecule is CCOc1ccc(/C=C/C(=O)Nc2ccc(NC(N)=O)cc2)cc1. The molecule has 0 spiro atoms. The summed E-state index contributed by atoms with van der Waals surface area (Å²) in [6.45, 7) is 2.54. The maximum absolute atomic E-state index is 11.9. The molecule has 2 aromatic rings. The lowest BCUT2D eigenvalue weighted by atomic mass is 10.2. The summed E-state index contributed by atoms with van der Waals surface area (Å²) in [5.74, 6) is 0.545. The highest BCUT2D eigenvalue weighted by atomic mass is 16.5. The number of rotatable bonds is 6. The van der Waals surface area contributed by atoms with Crippen LogP contribution in [0.1, 0.15) is 12.5 Å². The molecular formula is C18H19N3O3. The summed E-state index contributed by atoms with van der Waals surface area (Å²) in [6.07, 6.45) is 3.17. The molecule has 0 fully saturated rings. The second-order valence-electron chi connectivity index (χ2n) is 4.89. The number of nitrogens with two attached hydrogens (primary N) is 1. The fourth-order valence-electron chi connectivity index (χ4n) is 1.98.